The molecule has 3 nitrogen and oxygen atoms in total. The lowest BCUT2D eigenvalue weighted by Gasteiger charge is -2.19. The number of rotatable bonds is 6. The maximum absolute atomic E-state index is 11.8. The summed E-state index contributed by atoms with van der Waals surface area (Å²) in [6, 6.07) is 5.32. The number of hydrogen-bond acceptors (Lipinski definition) is 2. The van der Waals surface area contributed by atoms with Crippen LogP contribution in [0.2, 0.25) is 10.0 Å². The molecule has 1 rings (SSSR count). The van der Waals surface area contributed by atoms with Crippen LogP contribution in [0.25, 0.3) is 0 Å². The smallest absolute Gasteiger partial charge is 0.224 e. The Kier molecular flexibility index (Phi) is 6.30. The molecule has 1 N–H and O–H groups in total. The zero-order valence-corrected chi connectivity index (χ0v) is 12.2. The first-order chi connectivity index (χ1) is 8.60. The van der Waals surface area contributed by atoms with E-state index in [1.165, 1.54) is 0 Å². The van der Waals surface area contributed by atoms with Crippen molar-refractivity contribution in [2.75, 3.05) is 25.0 Å². The number of para-hydroxylation sites is 1. The zero-order chi connectivity index (χ0) is 13.5. The van der Waals surface area contributed by atoms with Gasteiger partial charge in [0, 0.05) is 26.1 Å². The van der Waals surface area contributed by atoms with Gasteiger partial charge in [-0.3, -0.25) is 4.79 Å². The van der Waals surface area contributed by atoms with Gasteiger partial charge < -0.3 is 10.2 Å². The minimum atomic E-state index is 0.135. The molecule has 1 aromatic rings. The van der Waals surface area contributed by atoms with Gasteiger partial charge in [0.15, 0.2) is 0 Å². The molecule has 0 unspecified atom stereocenters. The number of benzene rings is 1. The van der Waals surface area contributed by atoms with Gasteiger partial charge in [-0.2, -0.15) is 0 Å². The summed E-state index contributed by atoms with van der Waals surface area (Å²) >= 11 is 12.0. The predicted molar refractivity (Wildman–Crippen MR) is 77.5 cm³/mol. The van der Waals surface area contributed by atoms with Crippen LogP contribution in [0.3, 0.4) is 0 Å². The fourth-order valence-corrected chi connectivity index (χ4v) is 2.23. The van der Waals surface area contributed by atoms with Crippen LogP contribution in [0.1, 0.15) is 20.3 Å². The molecule has 1 aromatic carbocycles. The summed E-state index contributed by atoms with van der Waals surface area (Å²) in [5.41, 5.74) is 0.688. The zero-order valence-electron chi connectivity index (χ0n) is 10.7. The Hall–Kier alpha value is -0.930. The summed E-state index contributed by atoms with van der Waals surface area (Å²) in [5.74, 6) is 0.135. The number of halogens is 2. The minimum Gasteiger partial charge on any atom is -0.382 e. The van der Waals surface area contributed by atoms with E-state index in [4.69, 9.17) is 23.2 Å². The minimum absolute atomic E-state index is 0.135. The van der Waals surface area contributed by atoms with Gasteiger partial charge in [-0.1, -0.05) is 29.3 Å². The molecule has 0 bridgehead atoms. The number of nitrogens with zero attached hydrogens (tertiary/aromatic N) is 1. The van der Waals surface area contributed by atoms with E-state index in [9.17, 15) is 4.79 Å². The van der Waals surface area contributed by atoms with E-state index in [0.29, 0.717) is 28.7 Å². The van der Waals surface area contributed by atoms with Gasteiger partial charge in [-0.15, -0.1) is 0 Å². The molecule has 0 heterocycles. The van der Waals surface area contributed by atoms with Gasteiger partial charge in [0.1, 0.15) is 0 Å². The Bertz CT molecular complexity index is 386. The third kappa shape index (κ3) is 4.07. The molecule has 0 aliphatic rings. The second-order valence-electron chi connectivity index (χ2n) is 3.84. The summed E-state index contributed by atoms with van der Waals surface area (Å²) < 4.78 is 0. The van der Waals surface area contributed by atoms with Crippen LogP contribution in [0.4, 0.5) is 5.69 Å². The van der Waals surface area contributed by atoms with Gasteiger partial charge in [0.05, 0.1) is 15.7 Å². The van der Waals surface area contributed by atoms with Gasteiger partial charge in [-0.05, 0) is 26.0 Å². The molecule has 0 atom stereocenters. The lowest BCUT2D eigenvalue weighted by atomic mass is 10.3. The molecular weight excluding hydrogens is 271 g/mol. The van der Waals surface area contributed by atoms with E-state index in [2.05, 4.69) is 5.32 Å². The van der Waals surface area contributed by atoms with Crippen LogP contribution < -0.4 is 5.32 Å². The highest BCUT2D eigenvalue weighted by atomic mass is 35.5. The molecule has 0 saturated carbocycles. The standard InChI is InChI=1S/C13H18Cl2N2O/c1-3-17(4-2)12(18)8-9-16-13-10(14)6-5-7-11(13)15/h5-7,16H,3-4,8-9H2,1-2H3. The lowest BCUT2D eigenvalue weighted by molar-refractivity contribution is -0.130. The van der Waals surface area contributed by atoms with E-state index in [1.54, 1.807) is 23.1 Å². The first kappa shape index (κ1) is 15.1. The number of amides is 1. The number of anilines is 1. The Morgan fingerprint density at radius 2 is 1.78 bits per heavy atom. The van der Waals surface area contributed by atoms with Crippen LogP contribution in [0.15, 0.2) is 18.2 Å². The topological polar surface area (TPSA) is 32.3 Å². The quantitative estimate of drug-likeness (QED) is 0.866. The first-order valence-electron chi connectivity index (χ1n) is 6.05. The van der Waals surface area contributed by atoms with Crippen molar-refractivity contribution in [2.45, 2.75) is 20.3 Å². The fraction of sp³-hybridized carbons (Fsp3) is 0.462. The van der Waals surface area contributed by atoms with Crippen LogP contribution in [-0.2, 0) is 4.79 Å². The van der Waals surface area contributed by atoms with Crippen molar-refractivity contribution in [2.24, 2.45) is 0 Å². The average Bonchev–Trinajstić information content (AvgIpc) is 2.34. The second kappa shape index (κ2) is 7.49. The largest absolute Gasteiger partial charge is 0.382 e. The molecule has 0 aliphatic heterocycles. The molecule has 0 fully saturated rings. The molecular formula is C13H18Cl2N2O. The van der Waals surface area contributed by atoms with Crippen LogP contribution in [-0.4, -0.2) is 30.4 Å². The van der Waals surface area contributed by atoms with E-state index in [0.717, 1.165) is 13.1 Å². The third-order valence-electron chi connectivity index (χ3n) is 2.72. The van der Waals surface area contributed by atoms with Crippen molar-refractivity contribution in [3.05, 3.63) is 28.2 Å². The van der Waals surface area contributed by atoms with Crippen molar-refractivity contribution in [1.82, 2.24) is 4.90 Å². The van der Waals surface area contributed by atoms with E-state index in [-0.39, 0.29) is 5.91 Å². The molecule has 5 heteroatoms. The molecule has 0 spiro atoms. The van der Waals surface area contributed by atoms with Crippen molar-refractivity contribution >= 4 is 34.8 Å². The Morgan fingerprint density at radius 3 is 2.28 bits per heavy atom. The molecule has 1 amide bonds. The summed E-state index contributed by atoms with van der Waals surface area (Å²) in [5, 5.41) is 4.24. The third-order valence-corrected chi connectivity index (χ3v) is 3.35. The predicted octanol–water partition coefficient (Wildman–Crippen LogP) is 3.66. The van der Waals surface area contributed by atoms with Crippen molar-refractivity contribution in [3.63, 3.8) is 0 Å². The van der Waals surface area contributed by atoms with Crippen molar-refractivity contribution in [1.29, 1.82) is 0 Å². The Balaban J connectivity index is 2.49. The van der Waals surface area contributed by atoms with E-state index < -0.39 is 0 Å². The van der Waals surface area contributed by atoms with Crippen LogP contribution in [0.5, 0.6) is 0 Å². The molecule has 0 aliphatic carbocycles. The second-order valence-corrected chi connectivity index (χ2v) is 4.65. The van der Waals surface area contributed by atoms with Crippen molar-refractivity contribution < 1.29 is 4.79 Å². The van der Waals surface area contributed by atoms with Gasteiger partial charge >= 0.3 is 0 Å². The first-order valence-corrected chi connectivity index (χ1v) is 6.81. The molecule has 0 radical (unpaired) electrons. The lowest BCUT2D eigenvalue weighted by Crippen LogP contribution is -2.31. The highest BCUT2D eigenvalue weighted by Gasteiger charge is 2.10. The van der Waals surface area contributed by atoms with Gasteiger partial charge in [0.25, 0.3) is 0 Å². The molecule has 0 aromatic heterocycles. The summed E-state index contributed by atoms with van der Waals surface area (Å²) in [7, 11) is 0. The Morgan fingerprint density at radius 1 is 1.22 bits per heavy atom. The SMILES string of the molecule is CCN(CC)C(=O)CCNc1c(Cl)cccc1Cl. The number of carbonyl (C=O) groups is 1. The molecule has 0 saturated heterocycles. The monoisotopic (exact) mass is 288 g/mol. The number of carbonyl (C=O) groups excluding carboxylic acids is 1. The normalized spacial score (nSPS) is 10.2. The Labute approximate surface area is 118 Å². The summed E-state index contributed by atoms with van der Waals surface area (Å²) in [6.45, 7) is 5.95. The maximum atomic E-state index is 11.8. The number of nitrogens with one attached hydrogen (secondary N) is 1. The van der Waals surface area contributed by atoms with Gasteiger partial charge in [0.2, 0.25) is 5.91 Å². The maximum Gasteiger partial charge on any atom is 0.224 e. The summed E-state index contributed by atoms with van der Waals surface area (Å²) in [4.78, 5) is 13.6. The van der Waals surface area contributed by atoms with E-state index >= 15 is 0 Å². The molecule has 18 heavy (non-hydrogen) atoms. The van der Waals surface area contributed by atoms with Crippen molar-refractivity contribution in [3.8, 4) is 0 Å². The molecule has 100 valence electrons. The summed E-state index contributed by atoms with van der Waals surface area (Å²) in [6.07, 6.45) is 0.434. The number of hydrogen-bond donors (Lipinski definition) is 1. The van der Waals surface area contributed by atoms with Crippen LogP contribution >= 0.6 is 23.2 Å². The van der Waals surface area contributed by atoms with Gasteiger partial charge in [-0.25, -0.2) is 0 Å². The highest BCUT2D eigenvalue weighted by molar-refractivity contribution is 6.39. The average molecular weight is 289 g/mol. The fourth-order valence-electron chi connectivity index (χ4n) is 1.70. The van der Waals surface area contributed by atoms with E-state index in [1.807, 2.05) is 13.8 Å². The highest BCUT2D eigenvalue weighted by Crippen LogP contribution is 2.29. The van der Waals surface area contributed by atoms with Crippen LogP contribution in [0, 0.1) is 0 Å².